The van der Waals surface area contributed by atoms with Gasteiger partial charge in [0.1, 0.15) is 11.6 Å². The van der Waals surface area contributed by atoms with Crippen LogP contribution in [0.1, 0.15) is 31.4 Å². The van der Waals surface area contributed by atoms with E-state index >= 15 is 0 Å². The van der Waals surface area contributed by atoms with E-state index in [1.165, 1.54) is 13.2 Å². The minimum Gasteiger partial charge on any atom is -0.496 e. The summed E-state index contributed by atoms with van der Waals surface area (Å²) in [6.45, 7) is 5.76. The Hall–Kier alpha value is -1.39. The molecule has 1 unspecified atom stereocenters. The van der Waals surface area contributed by atoms with E-state index in [4.69, 9.17) is 10.6 Å². The monoisotopic (exact) mass is 238 g/mol. The second kappa shape index (κ2) is 6.37. The van der Waals surface area contributed by atoms with Crippen LogP contribution < -0.4 is 16.0 Å². The summed E-state index contributed by atoms with van der Waals surface area (Å²) in [5, 5.41) is 0. The molecule has 1 aromatic rings. The molecule has 0 radical (unpaired) electrons. The van der Waals surface area contributed by atoms with Crippen LogP contribution in [0.25, 0.3) is 0 Å². The zero-order valence-corrected chi connectivity index (χ0v) is 10.3. The van der Waals surface area contributed by atoms with Crippen molar-refractivity contribution in [1.29, 1.82) is 0 Å². The first kappa shape index (κ1) is 13.7. The van der Waals surface area contributed by atoms with Crippen LogP contribution in [-0.4, -0.2) is 7.11 Å². The Morgan fingerprint density at radius 1 is 1.59 bits per heavy atom. The number of hydrogen-bond acceptors (Lipinski definition) is 3. The Morgan fingerprint density at radius 2 is 2.29 bits per heavy atom. The Balaban J connectivity index is 2.97. The predicted octanol–water partition coefficient (Wildman–Crippen LogP) is 2.70. The van der Waals surface area contributed by atoms with Gasteiger partial charge in [-0.25, -0.2) is 4.39 Å². The Bertz CT molecular complexity index is 393. The second-order valence-corrected chi connectivity index (χ2v) is 4.07. The Morgan fingerprint density at radius 3 is 2.82 bits per heavy atom. The number of nitrogens with one attached hydrogen (secondary N) is 1. The van der Waals surface area contributed by atoms with E-state index in [9.17, 15) is 4.39 Å². The first-order valence-electron chi connectivity index (χ1n) is 5.53. The molecule has 0 saturated heterocycles. The lowest BCUT2D eigenvalue weighted by molar-refractivity contribution is 0.386. The summed E-state index contributed by atoms with van der Waals surface area (Å²) in [7, 11) is 1.52. The summed E-state index contributed by atoms with van der Waals surface area (Å²) in [6, 6.07) is 4.47. The van der Waals surface area contributed by atoms with Crippen molar-refractivity contribution in [3.8, 4) is 5.75 Å². The van der Waals surface area contributed by atoms with Crippen LogP contribution in [0.15, 0.2) is 30.4 Å². The number of benzene rings is 1. The molecule has 0 spiro atoms. The van der Waals surface area contributed by atoms with E-state index in [2.05, 4.69) is 12.0 Å². The quantitative estimate of drug-likeness (QED) is 0.455. The van der Waals surface area contributed by atoms with Crippen molar-refractivity contribution in [3.63, 3.8) is 0 Å². The van der Waals surface area contributed by atoms with Gasteiger partial charge >= 0.3 is 0 Å². The molecule has 0 amide bonds. The number of nitrogens with two attached hydrogens (primary N) is 1. The molecule has 3 nitrogen and oxygen atoms in total. The molecule has 1 rings (SSSR count). The number of ether oxygens (including phenoxy) is 1. The van der Waals surface area contributed by atoms with E-state index in [0.29, 0.717) is 17.7 Å². The van der Waals surface area contributed by atoms with Gasteiger partial charge in [0.25, 0.3) is 0 Å². The highest BCUT2D eigenvalue weighted by atomic mass is 19.1. The first-order valence-corrected chi connectivity index (χ1v) is 5.53. The standard InChI is InChI=1S/C13H19FN2O/c1-9(2)7-8-11(16-15)13-10(14)5-4-6-12(13)17-3/h4-6,11,16H,1,7-8,15H2,2-3H3. The van der Waals surface area contributed by atoms with Crippen LogP contribution in [0.3, 0.4) is 0 Å². The molecule has 0 aliphatic carbocycles. The van der Waals surface area contributed by atoms with Crippen molar-refractivity contribution in [2.75, 3.05) is 7.11 Å². The third kappa shape index (κ3) is 3.54. The minimum atomic E-state index is -0.311. The van der Waals surface area contributed by atoms with Gasteiger partial charge in [-0.3, -0.25) is 11.3 Å². The zero-order valence-electron chi connectivity index (χ0n) is 10.3. The summed E-state index contributed by atoms with van der Waals surface area (Å²) in [4.78, 5) is 0. The molecule has 4 heteroatoms. The fourth-order valence-electron chi connectivity index (χ4n) is 1.74. The minimum absolute atomic E-state index is 0.275. The van der Waals surface area contributed by atoms with Gasteiger partial charge in [0.15, 0.2) is 0 Å². The zero-order chi connectivity index (χ0) is 12.8. The van der Waals surface area contributed by atoms with E-state index < -0.39 is 0 Å². The van der Waals surface area contributed by atoms with Gasteiger partial charge < -0.3 is 4.74 Å². The lowest BCUT2D eigenvalue weighted by Crippen LogP contribution is -2.29. The first-order chi connectivity index (χ1) is 8.10. The largest absolute Gasteiger partial charge is 0.496 e. The van der Waals surface area contributed by atoms with Crippen LogP contribution in [-0.2, 0) is 0 Å². The molecule has 0 aliphatic heterocycles. The normalized spacial score (nSPS) is 12.2. The van der Waals surface area contributed by atoms with Crippen molar-refractivity contribution in [2.45, 2.75) is 25.8 Å². The van der Waals surface area contributed by atoms with Gasteiger partial charge in [-0.2, -0.15) is 0 Å². The Kier molecular flexibility index (Phi) is 5.12. The number of methoxy groups -OCH3 is 1. The number of rotatable bonds is 6. The summed E-state index contributed by atoms with van der Waals surface area (Å²) >= 11 is 0. The summed E-state index contributed by atoms with van der Waals surface area (Å²) < 4.78 is 19.0. The highest BCUT2D eigenvalue weighted by Crippen LogP contribution is 2.30. The highest BCUT2D eigenvalue weighted by Gasteiger charge is 2.18. The molecular weight excluding hydrogens is 219 g/mol. The molecule has 0 aromatic heterocycles. The molecule has 0 bridgehead atoms. The molecular formula is C13H19FN2O. The highest BCUT2D eigenvalue weighted by molar-refractivity contribution is 5.37. The average Bonchev–Trinajstić information content (AvgIpc) is 2.31. The third-order valence-corrected chi connectivity index (χ3v) is 2.64. The molecule has 0 saturated carbocycles. The molecule has 17 heavy (non-hydrogen) atoms. The van der Waals surface area contributed by atoms with E-state index in [-0.39, 0.29) is 11.9 Å². The van der Waals surface area contributed by atoms with Crippen LogP contribution in [0.4, 0.5) is 4.39 Å². The van der Waals surface area contributed by atoms with Crippen LogP contribution >= 0.6 is 0 Å². The van der Waals surface area contributed by atoms with Crippen molar-refractivity contribution >= 4 is 0 Å². The van der Waals surface area contributed by atoms with Gasteiger partial charge in [-0.1, -0.05) is 11.6 Å². The van der Waals surface area contributed by atoms with Gasteiger partial charge in [0.2, 0.25) is 0 Å². The van der Waals surface area contributed by atoms with E-state index in [1.807, 2.05) is 6.92 Å². The van der Waals surface area contributed by atoms with Crippen LogP contribution in [0, 0.1) is 5.82 Å². The summed E-state index contributed by atoms with van der Waals surface area (Å²) in [5.74, 6) is 5.68. The molecule has 1 atom stereocenters. The average molecular weight is 238 g/mol. The molecule has 0 aliphatic rings. The SMILES string of the molecule is C=C(C)CCC(NN)c1c(F)cccc1OC. The number of halogens is 1. The lowest BCUT2D eigenvalue weighted by Gasteiger charge is -2.19. The van der Waals surface area contributed by atoms with E-state index in [0.717, 1.165) is 12.0 Å². The Labute approximate surface area is 101 Å². The lowest BCUT2D eigenvalue weighted by atomic mass is 9.99. The third-order valence-electron chi connectivity index (χ3n) is 2.64. The summed E-state index contributed by atoms with van der Waals surface area (Å²) in [6.07, 6.45) is 1.47. The number of allylic oxidation sites excluding steroid dienone is 1. The van der Waals surface area contributed by atoms with Crippen molar-refractivity contribution < 1.29 is 9.13 Å². The maximum atomic E-state index is 13.8. The van der Waals surface area contributed by atoms with Gasteiger partial charge in [0, 0.05) is 5.56 Å². The number of hydrazine groups is 1. The van der Waals surface area contributed by atoms with Gasteiger partial charge in [-0.05, 0) is 31.9 Å². The molecule has 0 heterocycles. The van der Waals surface area contributed by atoms with Crippen molar-refractivity contribution in [3.05, 3.63) is 41.7 Å². The molecule has 94 valence electrons. The van der Waals surface area contributed by atoms with Gasteiger partial charge in [0.05, 0.1) is 13.2 Å². The maximum Gasteiger partial charge on any atom is 0.131 e. The predicted molar refractivity (Wildman–Crippen MR) is 67.1 cm³/mol. The molecule has 1 aromatic carbocycles. The van der Waals surface area contributed by atoms with Crippen LogP contribution in [0.5, 0.6) is 5.75 Å². The fraction of sp³-hybridized carbons (Fsp3) is 0.385. The van der Waals surface area contributed by atoms with Crippen molar-refractivity contribution in [2.24, 2.45) is 5.84 Å². The maximum absolute atomic E-state index is 13.8. The van der Waals surface area contributed by atoms with Crippen LogP contribution in [0.2, 0.25) is 0 Å². The number of hydrogen-bond donors (Lipinski definition) is 2. The van der Waals surface area contributed by atoms with Gasteiger partial charge in [-0.15, -0.1) is 6.58 Å². The fourth-order valence-corrected chi connectivity index (χ4v) is 1.74. The summed E-state index contributed by atoms with van der Waals surface area (Å²) in [5.41, 5.74) is 4.14. The molecule has 3 N–H and O–H groups in total. The van der Waals surface area contributed by atoms with E-state index in [1.54, 1.807) is 12.1 Å². The second-order valence-electron chi connectivity index (χ2n) is 4.07. The topological polar surface area (TPSA) is 47.3 Å². The molecule has 0 fully saturated rings. The smallest absolute Gasteiger partial charge is 0.131 e. The van der Waals surface area contributed by atoms with Crippen molar-refractivity contribution in [1.82, 2.24) is 5.43 Å².